The molecule has 3 aromatic rings. The van der Waals surface area contributed by atoms with Crippen LogP contribution in [0.25, 0.3) is 5.65 Å². The molecular formula is C20H23ClN4O2S. The molecule has 0 atom stereocenters. The third kappa shape index (κ3) is 4.55. The summed E-state index contributed by atoms with van der Waals surface area (Å²) in [6.45, 7) is 4.92. The van der Waals surface area contributed by atoms with Crippen LogP contribution in [-0.4, -0.2) is 66.1 Å². The van der Waals surface area contributed by atoms with E-state index in [1.54, 1.807) is 24.3 Å². The van der Waals surface area contributed by atoms with Gasteiger partial charge in [0.1, 0.15) is 5.65 Å². The molecular weight excluding hydrogens is 396 g/mol. The summed E-state index contributed by atoms with van der Waals surface area (Å²) in [5.41, 5.74) is 2.02. The molecule has 0 bridgehead atoms. The van der Waals surface area contributed by atoms with Crippen LogP contribution >= 0.6 is 11.6 Å². The summed E-state index contributed by atoms with van der Waals surface area (Å²) >= 11 is 5.84. The van der Waals surface area contributed by atoms with E-state index in [0.717, 1.165) is 44.1 Å². The highest BCUT2D eigenvalue weighted by Gasteiger charge is 2.21. The Morgan fingerprint density at radius 1 is 0.964 bits per heavy atom. The Bertz CT molecular complexity index is 1010. The fourth-order valence-corrected chi connectivity index (χ4v) is 4.88. The molecule has 0 aliphatic carbocycles. The van der Waals surface area contributed by atoms with Crippen LogP contribution in [0.4, 0.5) is 0 Å². The van der Waals surface area contributed by atoms with Gasteiger partial charge in [0.2, 0.25) is 0 Å². The van der Waals surface area contributed by atoms with Gasteiger partial charge < -0.3 is 4.40 Å². The SMILES string of the molecule is O=S(=O)(CCN1CCN(Cc2cn3ccccc3n2)CC1)c1ccc(Cl)cc1. The minimum absolute atomic E-state index is 0.126. The molecule has 2 aromatic heterocycles. The predicted octanol–water partition coefficient (Wildman–Crippen LogP) is 2.58. The average molecular weight is 419 g/mol. The van der Waals surface area contributed by atoms with E-state index in [0.29, 0.717) is 16.5 Å². The number of halogens is 1. The Balaban J connectivity index is 1.27. The summed E-state index contributed by atoms with van der Waals surface area (Å²) in [4.78, 5) is 9.57. The van der Waals surface area contributed by atoms with Crippen molar-refractivity contribution in [2.24, 2.45) is 0 Å². The highest BCUT2D eigenvalue weighted by molar-refractivity contribution is 7.91. The zero-order valence-electron chi connectivity index (χ0n) is 15.5. The van der Waals surface area contributed by atoms with Gasteiger partial charge in [-0.15, -0.1) is 0 Å². The van der Waals surface area contributed by atoms with E-state index in [4.69, 9.17) is 11.6 Å². The molecule has 1 aromatic carbocycles. The van der Waals surface area contributed by atoms with Crippen LogP contribution in [0.2, 0.25) is 5.02 Å². The number of nitrogens with zero attached hydrogens (tertiary/aromatic N) is 4. The van der Waals surface area contributed by atoms with E-state index in [1.807, 2.05) is 28.8 Å². The molecule has 8 heteroatoms. The quantitative estimate of drug-likeness (QED) is 0.615. The molecule has 4 rings (SSSR count). The van der Waals surface area contributed by atoms with Gasteiger partial charge in [-0.3, -0.25) is 9.80 Å². The molecule has 148 valence electrons. The minimum Gasteiger partial charge on any atom is -0.307 e. The van der Waals surface area contributed by atoms with Crippen molar-refractivity contribution in [2.45, 2.75) is 11.4 Å². The van der Waals surface area contributed by atoms with Gasteiger partial charge in [0.15, 0.2) is 9.84 Å². The van der Waals surface area contributed by atoms with Gasteiger partial charge in [0.05, 0.1) is 16.3 Å². The van der Waals surface area contributed by atoms with Gasteiger partial charge in [0.25, 0.3) is 0 Å². The first-order valence-corrected chi connectivity index (χ1v) is 11.4. The highest BCUT2D eigenvalue weighted by atomic mass is 35.5. The van der Waals surface area contributed by atoms with E-state index in [9.17, 15) is 8.42 Å². The number of rotatable bonds is 6. The van der Waals surface area contributed by atoms with Gasteiger partial charge in [0, 0.05) is 56.7 Å². The van der Waals surface area contributed by atoms with E-state index in [2.05, 4.69) is 21.0 Å². The number of hydrogen-bond donors (Lipinski definition) is 0. The van der Waals surface area contributed by atoms with Gasteiger partial charge in [-0.25, -0.2) is 13.4 Å². The molecule has 3 heterocycles. The summed E-state index contributed by atoms with van der Waals surface area (Å²) in [5, 5.41) is 0.542. The number of sulfone groups is 1. The van der Waals surface area contributed by atoms with E-state index in [1.165, 1.54) is 0 Å². The maximum atomic E-state index is 12.5. The molecule has 0 N–H and O–H groups in total. The predicted molar refractivity (Wildman–Crippen MR) is 110 cm³/mol. The van der Waals surface area contributed by atoms with E-state index < -0.39 is 9.84 Å². The van der Waals surface area contributed by atoms with Gasteiger partial charge in [-0.1, -0.05) is 17.7 Å². The molecule has 0 amide bonds. The second-order valence-electron chi connectivity index (χ2n) is 7.09. The second-order valence-corrected chi connectivity index (χ2v) is 9.63. The van der Waals surface area contributed by atoms with Crippen LogP contribution in [0.15, 0.2) is 59.8 Å². The largest absolute Gasteiger partial charge is 0.307 e. The number of hydrogen-bond acceptors (Lipinski definition) is 5. The van der Waals surface area contributed by atoms with Crippen molar-refractivity contribution in [1.29, 1.82) is 0 Å². The first-order valence-electron chi connectivity index (χ1n) is 9.35. The van der Waals surface area contributed by atoms with Crippen LogP contribution in [-0.2, 0) is 16.4 Å². The summed E-state index contributed by atoms with van der Waals surface area (Å²) in [7, 11) is -3.28. The molecule has 0 radical (unpaired) electrons. The van der Waals surface area contributed by atoms with Crippen molar-refractivity contribution in [1.82, 2.24) is 19.2 Å². The third-order valence-electron chi connectivity index (χ3n) is 5.11. The lowest BCUT2D eigenvalue weighted by Gasteiger charge is -2.34. The second kappa shape index (κ2) is 8.21. The molecule has 1 fully saturated rings. The minimum atomic E-state index is -3.28. The summed E-state index contributed by atoms with van der Waals surface area (Å²) in [6, 6.07) is 12.4. The Labute approximate surface area is 170 Å². The number of imidazole rings is 1. The van der Waals surface area contributed by atoms with Gasteiger partial charge in [-0.2, -0.15) is 0 Å². The van der Waals surface area contributed by atoms with Crippen LogP contribution in [0, 0.1) is 0 Å². The number of benzene rings is 1. The zero-order valence-corrected chi connectivity index (χ0v) is 17.1. The smallest absolute Gasteiger partial charge is 0.179 e. The molecule has 0 saturated carbocycles. The zero-order chi connectivity index (χ0) is 19.6. The van der Waals surface area contributed by atoms with Gasteiger partial charge >= 0.3 is 0 Å². The Hall–Kier alpha value is -1.93. The fraction of sp³-hybridized carbons (Fsp3) is 0.350. The summed E-state index contributed by atoms with van der Waals surface area (Å²) < 4.78 is 27.0. The number of fused-ring (bicyclic) bond motifs is 1. The summed E-state index contributed by atoms with van der Waals surface area (Å²) in [5.74, 6) is 0.126. The lowest BCUT2D eigenvalue weighted by molar-refractivity contribution is 0.131. The lowest BCUT2D eigenvalue weighted by Crippen LogP contribution is -2.47. The summed E-state index contributed by atoms with van der Waals surface area (Å²) in [6.07, 6.45) is 4.07. The maximum Gasteiger partial charge on any atom is 0.179 e. The molecule has 1 aliphatic rings. The molecule has 6 nitrogen and oxygen atoms in total. The Morgan fingerprint density at radius 3 is 2.39 bits per heavy atom. The Kier molecular flexibility index (Phi) is 5.68. The van der Waals surface area contributed by atoms with Crippen molar-refractivity contribution in [3.05, 3.63) is 65.6 Å². The average Bonchev–Trinajstić information content (AvgIpc) is 3.10. The van der Waals surface area contributed by atoms with E-state index >= 15 is 0 Å². The first kappa shape index (κ1) is 19.4. The normalized spacial score (nSPS) is 16.6. The number of pyridine rings is 1. The maximum absolute atomic E-state index is 12.5. The van der Waals surface area contributed by atoms with Crippen molar-refractivity contribution >= 4 is 27.1 Å². The number of aromatic nitrogens is 2. The third-order valence-corrected chi connectivity index (χ3v) is 7.08. The van der Waals surface area contributed by atoms with Crippen molar-refractivity contribution in [2.75, 3.05) is 38.5 Å². The van der Waals surface area contributed by atoms with Crippen LogP contribution in [0.5, 0.6) is 0 Å². The van der Waals surface area contributed by atoms with Crippen molar-refractivity contribution in [3.8, 4) is 0 Å². The standard InChI is InChI=1S/C20H23ClN4O2S/c21-17-4-6-19(7-5-17)28(26,27)14-13-23-9-11-24(12-10-23)15-18-16-25-8-2-1-3-20(25)22-18/h1-8,16H,9-15H2. The van der Waals surface area contributed by atoms with E-state index in [-0.39, 0.29) is 5.75 Å². The lowest BCUT2D eigenvalue weighted by atomic mass is 10.3. The van der Waals surface area contributed by atoms with Crippen LogP contribution < -0.4 is 0 Å². The fourth-order valence-electron chi connectivity index (χ4n) is 3.47. The first-order chi connectivity index (χ1) is 13.5. The molecule has 1 saturated heterocycles. The molecule has 1 aliphatic heterocycles. The number of piperazine rings is 1. The van der Waals surface area contributed by atoms with Crippen LogP contribution in [0.3, 0.4) is 0 Å². The monoisotopic (exact) mass is 418 g/mol. The topological polar surface area (TPSA) is 57.9 Å². The van der Waals surface area contributed by atoms with Gasteiger partial charge in [-0.05, 0) is 36.4 Å². The van der Waals surface area contributed by atoms with Crippen LogP contribution in [0.1, 0.15) is 5.69 Å². The highest BCUT2D eigenvalue weighted by Crippen LogP contribution is 2.16. The molecule has 0 spiro atoms. The molecule has 0 unspecified atom stereocenters. The van der Waals surface area contributed by atoms with Crippen molar-refractivity contribution in [3.63, 3.8) is 0 Å². The Morgan fingerprint density at radius 2 is 1.68 bits per heavy atom. The van der Waals surface area contributed by atoms with Crippen molar-refractivity contribution < 1.29 is 8.42 Å². The molecule has 28 heavy (non-hydrogen) atoms.